The van der Waals surface area contributed by atoms with Gasteiger partial charge in [-0.15, -0.1) is 0 Å². The lowest BCUT2D eigenvalue weighted by atomic mass is 9.82. The summed E-state index contributed by atoms with van der Waals surface area (Å²) in [5.74, 6) is 1.07. The average Bonchev–Trinajstić information content (AvgIpc) is 3.13. The number of fused-ring (bicyclic) bond motifs is 1. The molecule has 2 aliphatic rings. The Morgan fingerprint density at radius 1 is 1.14 bits per heavy atom. The molecule has 4 rings (SSSR count). The molecule has 6 heteroatoms. The van der Waals surface area contributed by atoms with Crippen molar-refractivity contribution in [2.45, 2.75) is 42.6 Å². The molecule has 0 aromatic heterocycles. The minimum absolute atomic E-state index is 0.109. The van der Waals surface area contributed by atoms with Crippen molar-refractivity contribution < 1.29 is 14.3 Å². The fourth-order valence-electron chi connectivity index (χ4n) is 4.27. The van der Waals surface area contributed by atoms with Gasteiger partial charge in [0, 0.05) is 16.0 Å². The van der Waals surface area contributed by atoms with E-state index in [1.807, 2.05) is 35.2 Å². The summed E-state index contributed by atoms with van der Waals surface area (Å²) in [6, 6.07) is 16.4. The number of hydrogen-bond donors (Lipinski definition) is 0. The van der Waals surface area contributed by atoms with Gasteiger partial charge >= 0.3 is 6.09 Å². The van der Waals surface area contributed by atoms with Gasteiger partial charge in [-0.1, -0.05) is 58.0 Å². The van der Waals surface area contributed by atoms with Crippen LogP contribution < -0.4 is 4.90 Å². The van der Waals surface area contributed by atoms with Gasteiger partial charge in [-0.25, -0.2) is 4.79 Å². The minimum Gasteiger partial charge on any atom is -0.452 e. The molecular formula is C23H26BrNO3S. The highest BCUT2D eigenvalue weighted by molar-refractivity contribution is 9.10. The highest BCUT2D eigenvalue weighted by Crippen LogP contribution is 2.50. The van der Waals surface area contributed by atoms with Gasteiger partial charge in [0.2, 0.25) is 0 Å². The summed E-state index contributed by atoms with van der Waals surface area (Å²) in [6.07, 6.45) is 4.24. The van der Waals surface area contributed by atoms with Gasteiger partial charge in [-0.3, -0.25) is 4.90 Å². The summed E-state index contributed by atoms with van der Waals surface area (Å²) < 4.78 is 12.1. The largest absolute Gasteiger partial charge is 0.452 e. The van der Waals surface area contributed by atoms with Crippen LogP contribution in [0.4, 0.5) is 10.5 Å². The van der Waals surface area contributed by atoms with Crippen LogP contribution in [0.3, 0.4) is 0 Å². The lowest BCUT2D eigenvalue weighted by Gasteiger charge is -2.35. The second-order valence-corrected chi connectivity index (χ2v) is 9.82. The highest BCUT2D eigenvalue weighted by atomic mass is 79.9. The zero-order valence-electron chi connectivity index (χ0n) is 16.6. The Labute approximate surface area is 185 Å². The number of amides is 1. The lowest BCUT2D eigenvalue weighted by Crippen LogP contribution is -2.41. The van der Waals surface area contributed by atoms with Crippen molar-refractivity contribution in [3.05, 3.63) is 58.6 Å². The maximum Gasteiger partial charge on any atom is 0.415 e. The number of rotatable bonds is 5. The zero-order chi connectivity index (χ0) is 20.2. The summed E-state index contributed by atoms with van der Waals surface area (Å²) in [6.45, 7) is 1.49. The number of carbonyl (C=O) groups excluding carboxylic acids is 1. The third-order valence-corrected chi connectivity index (χ3v) is 7.73. The molecule has 1 atom stereocenters. The Hall–Kier alpha value is -1.50. The maximum absolute atomic E-state index is 12.5. The zero-order valence-corrected chi connectivity index (χ0v) is 19.0. The topological polar surface area (TPSA) is 38.8 Å². The number of benzene rings is 2. The quantitative estimate of drug-likeness (QED) is 0.495. The fraction of sp³-hybridized carbons (Fsp3) is 0.435. The summed E-state index contributed by atoms with van der Waals surface area (Å²) in [7, 11) is 1.46. The first-order chi connectivity index (χ1) is 14.2. The number of hydrogen-bond acceptors (Lipinski definition) is 4. The van der Waals surface area contributed by atoms with Crippen LogP contribution in [0.1, 0.15) is 31.2 Å². The average molecular weight is 476 g/mol. The fourth-order valence-corrected chi connectivity index (χ4v) is 6.29. The van der Waals surface area contributed by atoms with Gasteiger partial charge in [0.15, 0.2) is 0 Å². The standard InChI is InChI=1S/C23H26BrNO3S/c1-27-23(26)25-20-12-11-19(24)13-21(20)29-22(25)18-9-7-17(8-10-18)15-28-14-16-5-3-2-4-6-16/h2-6,11-13,17-18,22H,7-10,14-15H2,1H3. The molecule has 0 N–H and O–H groups in total. The molecule has 154 valence electrons. The summed E-state index contributed by atoms with van der Waals surface area (Å²) in [5, 5.41) is 0.109. The molecule has 1 amide bonds. The van der Waals surface area contributed by atoms with E-state index in [1.165, 1.54) is 12.7 Å². The van der Waals surface area contributed by atoms with E-state index in [9.17, 15) is 4.79 Å². The van der Waals surface area contributed by atoms with Crippen LogP contribution in [0.2, 0.25) is 0 Å². The number of nitrogens with zero attached hydrogens (tertiary/aromatic N) is 1. The SMILES string of the molecule is COC(=O)N1c2ccc(Br)cc2SC1C1CCC(COCc2ccccc2)CC1. The Morgan fingerprint density at radius 2 is 1.90 bits per heavy atom. The monoisotopic (exact) mass is 475 g/mol. The van der Waals surface area contributed by atoms with E-state index in [4.69, 9.17) is 9.47 Å². The first kappa shape index (κ1) is 20.8. The first-order valence-electron chi connectivity index (χ1n) is 10.1. The molecule has 0 radical (unpaired) electrons. The van der Waals surface area contributed by atoms with Crippen LogP contribution in [-0.4, -0.2) is 25.2 Å². The van der Waals surface area contributed by atoms with Crippen molar-refractivity contribution in [1.82, 2.24) is 0 Å². The van der Waals surface area contributed by atoms with E-state index in [0.717, 1.165) is 47.3 Å². The molecule has 1 heterocycles. The van der Waals surface area contributed by atoms with Crippen molar-refractivity contribution in [3.63, 3.8) is 0 Å². The Kier molecular flexibility index (Phi) is 6.83. The van der Waals surface area contributed by atoms with Crippen LogP contribution >= 0.6 is 27.7 Å². The number of thioether (sulfide) groups is 1. The van der Waals surface area contributed by atoms with Crippen LogP contribution in [0.25, 0.3) is 0 Å². The number of carbonyl (C=O) groups is 1. The molecule has 29 heavy (non-hydrogen) atoms. The molecule has 2 aromatic rings. The molecule has 1 unspecified atom stereocenters. The highest BCUT2D eigenvalue weighted by Gasteiger charge is 2.41. The molecule has 1 saturated carbocycles. The Balaban J connectivity index is 1.33. The number of anilines is 1. The van der Waals surface area contributed by atoms with Crippen molar-refractivity contribution in [2.24, 2.45) is 11.8 Å². The Morgan fingerprint density at radius 3 is 2.62 bits per heavy atom. The predicted molar refractivity (Wildman–Crippen MR) is 120 cm³/mol. The second-order valence-electron chi connectivity index (χ2n) is 7.74. The molecule has 0 spiro atoms. The van der Waals surface area contributed by atoms with Crippen molar-refractivity contribution in [1.29, 1.82) is 0 Å². The number of methoxy groups -OCH3 is 1. The van der Waals surface area contributed by atoms with E-state index in [0.29, 0.717) is 18.4 Å². The van der Waals surface area contributed by atoms with Crippen LogP contribution in [-0.2, 0) is 16.1 Å². The number of ether oxygens (including phenoxy) is 2. The van der Waals surface area contributed by atoms with Crippen molar-refractivity contribution in [3.8, 4) is 0 Å². The van der Waals surface area contributed by atoms with E-state index in [2.05, 4.69) is 34.1 Å². The van der Waals surface area contributed by atoms with E-state index in [1.54, 1.807) is 11.8 Å². The summed E-state index contributed by atoms with van der Waals surface area (Å²) >= 11 is 5.33. The molecule has 0 saturated heterocycles. The maximum atomic E-state index is 12.5. The normalized spacial score (nSPS) is 23.7. The molecule has 1 aliphatic carbocycles. The third kappa shape index (κ3) is 4.81. The van der Waals surface area contributed by atoms with Crippen LogP contribution in [0.15, 0.2) is 57.9 Å². The summed E-state index contributed by atoms with van der Waals surface area (Å²) in [5.41, 5.74) is 2.18. The smallest absolute Gasteiger partial charge is 0.415 e. The van der Waals surface area contributed by atoms with Gasteiger partial charge in [0.25, 0.3) is 0 Å². The van der Waals surface area contributed by atoms with Crippen LogP contribution in [0.5, 0.6) is 0 Å². The Bertz CT molecular complexity index is 839. The van der Waals surface area contributed by atoms with E-state index in [-0.39, 0.29) is 11.5 Å². The van der Waals surface area contributed by atoms with Gasteiger partial charge < -0.3 is 9.47 Å². The van der Waals surface area contributed by atoms with Gasteiger partial charge in [0.05, 0.1) is 24.8 Å². The molecular weight excluding hydrogens is 450 g/mol. The molecule has 1 aliphatic heterocycles. The first-order valence-corrected chi connectivity index (χ1v) is 11.8. The third-order valence-electron chi connectivity index (χ3n) is 5.81. The van der Waals surface area contributed by atoms with E-state index < -0.39 is 0 Å². The molecule has 4 nitrogen and oxygen atoms in total. The van der Waals surface area contributed by atoms with Crippen molar-refractivity contribution >= 4 is 39.5 Å². The second kappa shape index (κ2) is 9.54. The molecule has 1 fully saturated rings. The minimum atomic E-state index is -0.267. The summed E-state index contributed by atoms with van der Waals surface area (Å²) in [4.78, 5) is 15.5. The number of halogens is 1. The van der Waals surface area contributed by atoms with Gasteiger partial charge in [-0.2, -0.15) is 0 Å². The lowest BCUT2D eigenvalue weighted by molar-refractivity contribution is 0.0667. The van der Waals surface area contributed by atoms with Gasteiger partial charge in [0.1, 0.15) is 0 Å². The van der Waals surface area contributed by atoms with E-state index >= 15 is 0 Å². The van der Waals surface area contributed by atoms with Crippen LogP contribution in [0, 0.1) is 11.8 Å². The van der Waals surface area contributed by atoms with Gasteiger partial charge in [-0.05, 0) is 61.3 Å². The molecule has 2 aromatic carbocycles. The predicted octanol–water partition coefficient (Wildman–Crippen LogP) is 6.48. The van der Waals surface area contributed by atoms with Crippen molar-refractivity contribution in [2.75, 3.05) is 18.6 Å². The molecule has 0 bridgehead atoms.